The standard InChI is InChI=1S/C37H41N5O4/c1-37(2,3)46-36(43)41-23-21-29(25-41)39-34-33-28(15-10-26-11-18-32(19-12-26)45-31-8-6-5-7-9-31)20-22-38-35(33)42(40-34)24-27-13-16-30(44-4)17-14-27/h5-9,11-14,16-20,22,29H,10,15,21,23-25H2,1-4H3,(H,39,40)/t29-/m1/s1. The van der Waals surface area contributed by atoms with Gasteiger partial charge in [0.15, 0.2) is 11.5 Å². The van der Waals surface area contributed by atoms with Crippen LogP contribution in [0.3, 0.4) is 0 Å². The Morgan fingerprint density at radius 1 is 0.891 bits per heavy atom. The lowest BCUT2D eigenvalue weighted by molar-refractivity contribution is 0.0293. The van der Waals surface area contributed by atoms with E-state index in [9.17, 15) is 4.79 Å². The molecule has 1 aliphatic rings. The van der Waals surface area contributed by atoms with Gasteiger partial charge in [0, 0.05) is 25.3 Å². The Balaban J connectivity index is 1.23. The van der Waals surface area contributed by atoms with E-state index in [0.717, 1.165) is 58.9 Å². The van der Waals surface area contributed by atoms with Gasteiger partial charge in [-0.2, -0.15) is 5.10 Å². The number of carbonyl (C=O) groups is 1. The number of amides is 1. The molecule has 1 N–H and O–H groups in total. The number of benzene rings is 3. The Bertz CT molecular complexity index is 1760. The number of pyridine rings is 1. The molecular weight excluding hydrogens is 578 g/mol. The van der Waals surface area contributed by atoms with Crippen LogP contribution in [0, 0.1) is 0 Å². The molecule has 0 radical (unpaired) electrons. The maximum Gasteiger partial charge on any atom is 0.410 e. The zero-order chi connectivity index (χ0) is 32.1. The molecular formula is C37H41N5O4. The van der Waals surface area contributed by atoms with Crippen molar-refractivity contribution in [3.63, 3.8) is 0 Å². The van der Waals surface area contributed by atoms with Crippen LogP contribution in [0.25, 0.3) is 11.0 Å². The van der Waals surface area contributed by atoms with E-state index in [0.29, 0.717) is 19.6 Å². The summed E-state index contributed by atoms with van der Waals surface area (Å²) < 4.78 is 18.9. The van der Waals surface area contributed by atoms with Crippen molar-refractivity contribution in [1.82, 2.24) is 19.7 Å². The maximum atomic E-state index is 12.7. The Labute approximate surface area is 270 Å². The van der Waals surface area contributed by atoms with Crippen LogP contribution in [0.2, 0.25) is 0 Å². The molecule has 0 saturated carbocycles. The van der Waals surface area contributed by atoms with E-state index in [-0.39, 0.29) is 12.1 Å². The molecule has 3 heterocycles. The third-order valence-electron chi connectivity index (χ3n) is 7.98. The van der Waals surface area contributed by atoms with Crippen molar-refractivity contribution in [1.29, 1.82) is 0 Å². The number of fused-ring (bicyclic) bond motifs is 1. The number of nitrogens with one attached hydrogen (secondary N) is 1. The van der Waals surface area contributed by atoms with Gasteiger partial charge in [-0.05, 0) is 99.2 Å². The van der Waals surface area contributed by atoms with Gasteiger partial charge in [0.25, 0.3) is 0 Å². The van der Waals surface area contributed by atoms with Crippen molar-refractivity contribution >= 4 is 22.9 Å². The summed E-state index contributed by atoms with van der Waals surface area (Å²) in [6.07, 6.45) is 4.05. The minimum Gasteiger partial charge on any atom is -0.497 e. The fourth-order valence-electron chi connectivity index (χ4n) is 5.68. The summed E-state index contributed by atoms with van der Waals surface area (Å²) >= 11 is 0. The van der Waals surface area contributed by atoms with E-state index in [2.05, 4.69) is 23.5 Å². The third kappa shape index (κ3) is 7.59. The Morgan fingerprint density at radius 3 is 2.30 bits per heavy atom. The number of hydrogen-bond donors (Lipinski definition) is 1. The number of rotatable bonds is 10. The summed E-state index contributed by atoms with van der Waals surface area (Å²) in [6.45, 7) is 7.41. The lowest BCUT2D eigenvalue weighted by Crippen LogP contribution is -2.36. The van der Waals surface area contributed by atoms with Crippen LogP contribution in [0.15, 0.2) is 91.1 Å². The van der Waals surface area contributed by atoms with Gasteiger partial charge in [0.05, 0.1) is 19.0 Å². The molecule has 3 aromatic carbocycles. The molecule has 1 saturated heterocycles. The minimum absolute atomic E-state index is 0.0465. The Morgan fingerprint density at radius 2 is 1.59 bits per heavy atom. The number of para-hydroxylation sites is 1. The first-order valence-electron chi connectivity index (χ1n) is 15.8. The minimum atomic E-state index is -0.533. The Kier molecular flexibility index (Phi) is 9.10. The van der Waals surface area contributed by atoms with Crippen LogP contribution < -0.4 is 14.8 Å². The zero-order valence-electron chi connectivity index (χ0n) is 26.9. The smallest absolute Gasteiger partial charge is 0.410 e. The first-order valence-corrected chi connectivity index (χ1v) is 15.8. The second kappa shape index (κ2) is 13.5. The summed E-state index contributed by atoms with van der Waals surface area (Å²) in [6, 6.07) is 28.2. The first-order chi connectivity index (χ1) is 22.2. The Hall–Kier alpha value is -5.05. The summed E-state index contributed by atoms with van der Waals surface area (Å²) in [7, 11) is 1.67. The molecule has 9 nitrogen and oxygen atoms in total. The summed E-state index contributed by atoms with van der Waals surface area (Å²) in [5.74, 6) is 3.23. The van der Waals surface area contributed by atoms with Gasteiger partial charge in [-0.25, -0.2) is 14.5 Å². The number of likely N-dealkylation sites (tertiary alicyclic amines) is 1. The number of hydrogen-bond acceptors (Lipinski definition) is 7. The highest BCUT2D eigenvalue weighted by atomic mass is 16.6. The van der Waals surface area contributed by atoms with Gasteiger partial charge < -0.3 is 24.4 Å². The normalized spacial score (nSPS) is 14.8. The number of methoxy groups -OCH3 is 1. The number of nitrogens with zero attached hydrogens (tertiary/aromatic N) is 4. The number of aromatic nitrogens is 3. The lowest BCUT2D eigenvalue weighted by Gasteiger charge is -2.24. The van der Waals surface area contributed by atoms with Gasteiger partial charge in [-0.3, -0.25) is 0 Å². The van der Waals surface area contributed by atoms with Crippen LogP contribution in [0.1, 0.15) is 43.9 Å². The van der Waals surface area contributed by atoms with Crippen LogP contribution in [-0.4, -0.2) is 57.6 Å². The number of anilines is 1. The fraction of sp³-hybridized carbons (Fsp3) is 0.324. The van der Waals surface area contributed by atoms with Gasteiger partial charge in [-0.1, -0.05) is 42.5 Å². The molecule has 5 aromatic rings. The maximum absolute atomic E-state index is 12.7. The molecule has 1 amide bonds. The topological polar surface area (TPSA) is 90.7 Å². The van der Waals surface area contributed by atoms with Crippen molar-refractivity contribution in [2.24, 2.45) is 0 Å². The first kappa shape index (κ1) is 31.0. The average Bonchev–Trinajstić information content (AvgIpc) is 3.66. The van der Waals surface area contributed by atoms with Crippen LogP contribution >= 0.6 is 0 Å². The van der Waals surface area contributed by atoms with E-state index in [1.807, 2.05) is 98.4 Å². The predicted octanol–water partition coefficient (Wildman–Crippen LogP) is 7.49. The third-order valence-corrected chi connectivity index (χ3v) is 7.98. The van der Waals surface area contributed by atoms with E-state index in [1.165, 1.54) is 11.1 Å². The van der Waals surface area contributed by atoms with Crippen LogP contribution in [-0.2, 0) is 24.1 Å². The molecule has 1 atom stereocenters. The van der Waals surface area contributed by atoms with Gasteiger partial charge in [0.2, 0.25) is 0 Å². The quantitative estimate of drug-likeness (QED) is 0.173. The van der Waals surface area contributed by atoms with Crippen LogP contribution in [0.5, 0.6) is 17.2 Å². The number of ether oxygens (including phenoxy) is 3. The van der Waals surface area contributed by atoms with Crippen molar-refractivity contribution in [3.05, 3.63) is 108 Å². The van der Waals surface area contributed by atoms with E-state index < -0.39 is 5.60 Å². The molecule has 0 bridgehead atoms. The highest BCUT2D eigenvalue weighted by Crippen LogP contribution is 2.30. The fourth-order valence-corrected chi connectivity index (χ4v) is 5.68. The molecule has 0 unspecified atom stereocenters. The molecule has 1 aliphatic heterocycles. The van der Waals surface area contributed by atoms with E-state index >= 15 is 0 Å². The van der Waals surface area contributed by atoms with E-state index in [1.54, 1.807) is 12.0 Å². The monoisotopic (exact) mass is 619 g/mol. The summed E-state index contributed by atoms with van der Waals surface area (Å²) in [5.41, 5.74) is 3.77. The molecule has 2 aromatic heterocycles. The van der Waals surface area contributed by atoms with Crippen LogP contribution in [0.4, 0.5) is 10.6 Å². The molecule has 1 fully saturated rings. The average molecular weight is 620 g/mol. The zero-order valence-corrected chi connectivity index (χ0v) is 26.9. The predicted molar refractivity (Wildman–Crippen MR) is 180 cm³/mol. The lowest BCUT2D eigenvalue weighted by atomic mass is 10.0. The molecule has 46 heavy (non-hydrogen) atoms. The second-order valence-corrected chi connectivity index (χ2v) is 12.6. The van der Waals surface area contributed by atoms with E-state index in [4.69, 9.17) is 24.3 Å². The molecule has 9 heteroatoms. The SMILES string of the molecule is COc1ccc(Cn2nc(N[C@@H]3CCN(C(=O)OC(C)(C)C)C3)c3c(CCc4ccc(Oc5ccccc5)cc4)ccnc32)cc1. The largest absolute Gasteiger partial charge is 0.497 e. The van der Waals surface area contributed by atoms with Gasteiger partial charge in [-0.15, -0.1) is 0 Å². The summed E-state index contributed by atoms with van der Waals surface area (Å²) in [5, 5.41) is 9.72. The van der Waals surface area contributed by atoms with Crippen molar-refractivity contribution < 1.29 is 19.0 Å². The molecule has 0 aliphatic carbocycles. The molecule has 6 rings (SSSR count). The molecule has 238 valence electrons. The molecule has 0 spiro atoms. The van der Waals surface area contributed by atoms with Crippen molar-refractivity contribution in [2.45, 2.75) is 58.2 Å². The van der Waals surface area contributed by atoms with Crippen molar-refractivity contribution in [3.8, 4) is 17.2 Å². The second-order valence-electron chi connectivity index (χ2n) is 12.6. The number of aryl methyl sites for hydroxylation is 2. The highest BCUT2D eigenvalue weighted by molar-refractivity contribution is 5.91. The van der Waals surface area contributed by atoms with Crippen molar-refractivity contribution in [2.75, 3.05) is 25.5 Å². The number of carbonyl (C=O) groups excluding carboxylic acids is 1. The van der Waals surface area contributed by atoms with Gasteiger partial charge >= 0.3 is 6.09 Å². The highest BCUT2D eigenvalue weighted by Gasteiger charge is 2.31. The summed E-state index contributed by atoms with van der Waals surface area (Å²) in [4.78, 5) is 19.3. The van der Waals surface area contributed by atoms with Gasteiger partial charge in [0.1, 0.15) is 22.8 Å².